The Morgan fingerprint density at radius 1 is 1.06 bits per heavy atom. The summed E-state index contributed by atoms with van der Waals surface area (Å²) in [5.41, 5.74) is 5.63. The van der Waals surface area contributed by atoms with Crippen molar-refractivity contribution in [1.29, 1.82) is 0 Å². The number of hydrogen-bond donors (Lipinski definition) is 1. The molecule has 1 aliphatic heterocycles. The van der Waals surface area contributed by atoms with E-state index in [0.29, 0.717) is 17.7 Å². The summed E-state index contributed by atoms with van der Waals surface area (Å²) >= 11 is 0. The fraction of sp³-hybridized carbons (Fsp3) is 0.933. The van der Waals surface area contributed by atoms with E-state index in [0.717, 1.165) is 32.5 Å². The minimum atomic E-state index is 0.406. The van der Waals surface area contributed by atoms with Gasteiger partial charge in [-0.15, -0.1) is 0 Å². The fourth-order valence-corrected chi connectivity index (χ4v) is 3.53. The highest BCUT2D eigenvalue weighted by Gasteiger charge is 2.25. The summed E-state index contributed by atoms with van der Waals surface area (Å²) < 4.78 is 0. The van der Waals surface area contributed by atoms with Crippen molar-refractivity contribution in [1.82, 2.24) is 4.90 Å². The lowest BCUT2D eigenvalue weighted by Crippen LogP contribution is -2.41. The molecule has 2 aliphatic rings. The molecule has 3 heteroatoms. The maximum Gasteiger partial charge on any atom is 0.222 e. The van der Waals surface area contributed by atoms with Crippen molar-refractivity contribution < 1.29 is 4.79 Å². The third kappa shape index (κ3) is 3.98. The number of rotatable bonds is 4. The average Bonchev–Trinajstić information content (AvgIpc) is 2.40. The molecule has 1 amide bonds. The van der Waals surface area contributed by atoms with E-state index in [1.54, 1.807) is 0 Å². The molecule has 1 heterocycles. The molecule has 104 valence electrons. The highest BCUT2D eigenvalue weighted by atomic mass is 16.2. The van der Waals surface area contributed by atoms with Crippen molar-refractivity contribution in [3.63, 3.8) is 0 Å². The Morgan fingerprint density at radius 2 is 1.78 bits per heavy atom. The second-order valence-corrected chi connectivity index (χ2v) is 6.13. The van der Waals surface area contributed by atoms with Crippen LogP contribution in [0.2, 0.25) is 0 Å². The van der Waals surface area contributed by atoms with E-state index in [1.165, 1.54) is 44.9 Å². The second kappa shape index (κ2) is 7.13. The number of carbonyl (C=O) groups excluding carboxylic acids is 1. The minimum Gasteiger partial charge on any atom is -0.342 e. The number of amides is 1. The summed E-state index contributed by atoms with van der Waals surface area (Å²) in [6, 6.07) is 0. The molecule has 0 aromatic heterocycles. The minimum absolute atomic E-state index is 0.406. The van der Waals surface area contributed by atoms with E-state index in [4.69, 9.17) is 5.73 Å². The van der Waals surface area contributed by atoms with Gasteiger partial charge in [-0.1, -0.05) is 19.3 Å². The lowest BCUT2D eigenvalue weighted by molar-refractivity contribution is -0.134. The molecular formula is C15H28N2O. The second-order valence-electron chi connectivity index (χ2n) is 6.13. The molecule has 1 unspecified atom stereocenters. The van der Waals surface area contributed by atoms with Gasteiger partial charge in [0.15, 0.2) is 0 Å². The SMILES string of the molecule is NCCC1CCCN(C(=O)CC2CCCCC2)C1. The molecule has 2 fully saturated rings. The Kier molecular flexibility index (Phi) is 5.48. The van der Waals surface area contributed by atoms with Crippen LogP contribution in [-0.4, -0.2) is 30.4 Å². The van der Waals surface area contributed by atoms with Crippen LogP contribution in [0.1, 0.15) is 57.8 Å². The van der Waals surface area contributed by atoms with E-state index >= 15 is 0 Å². The predicted octanol–water partition coefficient (Wildman–Crippen LogP) is 2.54. The number of hydrogen-bond acceptors (Lipinski definition) is 2. The van der Waals surface area contributed by atoms with Crippen LogP contribution in [0.15, 0.2) is 0 Å². The maximum atomic E-state index is 12.3. The number of piperidine rings is 1. The van der Waals surface area contributed by atoms with Crippen molar-refractivity contribution in [2.45, 2.75) is 57.8 Å². The van der Waals surface area contributed by atoms with Crippen LogP contribution in [0.4, 0.5) is 0 Å². The molecule has 0 radical (unpaired) electrons. The van der Waals surface area contributed by atoms with Crippen molar-refractivity contribution >= 4 is 5.91 Å². The quantitative estimate of drug-likeness (QED) is 0.836. The largest absolute Gasteiger partial charge is 0.342 e. The van der Waals surface area contributed by atoms with Gasteiger partial charge in [0.25, 0.3) is 0 Å². The number of nitrogens with zero attached hydrogens (tertiary/aromatic N) is 1. The summed E-state index contributed by atoms with van der Waals surface area (Å²) in [7, 11) is 0. The predicted molar refractivity (Wildman–Crippen MR) is 74.2 cm³/mol. The summed E-state index contributed by atoms with van der Waals surface area (Å²) in [5, 5.41) is 0. The van der Waals surface area contributed by atoms with Crippen LogP contribution in [0.25, 0.3) is 0 Å². The van der Waals surface area contributed by atoms with Crippen LogP contribution in [0.3, 0.4) is 0 Å². The van der Waals surface area contributed by atoms with Gasteiger partial charge in [-0.05, 0) is 50.5 Å². The maximum absolute atomic E-state index is 12.3. The van der Waals surface area contributed by atoms with Crippen LogP contribution < -0.4 is 5.73 Å². The standard InChI is InChI=1S/C15H28N2O/c16-9-8-14-7-4-10-17(12-14)15(18)11-13-5-2-1-3-6-13/h13-14H,1-12,16H2. The van der Waals surface area contributed by atoms with Gasteiger partial charge in [-0.25, -0.2) is 0 Å². The van der Waals surface area contributed by atoms with Gasteiger partial charge in [-0.2, -0.15) is 0 Å². The lowest BCUT2D eigenvalue weighted by atomic mass is 9.86. The Balaban J connectivity index is 1.76. The molecule has 0 spiro atoms. The van der Waals surface area contributed by atoms with Crippen molar-refractivity contribution in [3.05, 3.63) is 0 Å². The van der Waals surface area contributed by atoms with Gasteiger partial charge in [0.1, 0.15) is 0 Å². The number of nitrogens with two attached hydrogens (primary N) is 1. The summed E-state index contributed by atoms with van der Waals surface area (Å²) in [6.45, 7) is 2.70. The Labute approximate surface area is 111 Å². The summed E-state index contributed by atoms with van der Waals surface area (Å²) in [4.78, 5) is 14.4. The molecule has 2 N–H and O–H groups in total. The molecule has 1 atom stereocenters. The van der Waals surface area contributed by atoms with E-state index in [2.05, 4.69) is 4.90 Å². The first-order valence-corrected chi connectivity index (χ1v) is 7.77. The Hall–Kier alpha value is -0.570. The van der Waals surface area contributed by atoms with E-state index in [9.17, 15) is 4.79 Å². The Bertz CT molecular complexity index is 259. The molecule has 2 rings (SSSR count). The molecule has 1 saturated heterocycles. The van der Waals surface area contributed by atoms with Crippen molar-refractivity contribution in [2.75, 3.05) is 19.6 Å². The zero-order valence-electron chi connectivity index (χ0n) is 11.6. The van der Waals surface area contributed by atoms with E-state index in [1.807, 2.05) is 0 Å². The Morgan fingerprint density at radius 3 is 2.50 bits per heavy atom. The molecule has 0 bridgehead atoms. The zero-order valence-corrected chi connectivity index (χ0v) is 11.6. The molecule has 1 aliphatic carbocycles. The molecular weight excluding hydrogens is 224 g/mol. The van der Waals surface area contributed by atoms with Gasteiger partial charge in [-0.3, -0.25) is 4.79 Å². The van der Waals surface area contributed by atoms with E-state index in [-0.39, 0.29) is 0 Å². The highest BCUT2D eigenvalue weighted by molar-refractivity contribution is 5.76. The van der Waals surface area contributed by atoms with Gasteiger partial charge in [0, 0.05) is 19.5 Å². The van der Waals surface area contributed by atoms with Crippen LogP contribution >= 0.6 is 0 Å². The topological polar surface area (TPSA) is 46.3 Å². The van der Waals surface area contributed by atoms with Gasteiger partial charge in [0.2, 0.25) is 5.91 Å². The normalized spacial score (nSPS) is 26.3. The fourth-order valence-electron chi connectivity index (χ4n) is 3.53. The first kappa shape index (κ1) is 13.9. The highest BCUT2D eigenvalue weighted by Crippen LogP contribution is 2.28. The smallest absolute Gasteiger partial charge is 0.222 e. The summed E-state index contributed by atoms with van der Waals surface area (Å²) in [5.74, 6) is 1.73. The first-order valence-electron chi connectivity index (χ1n) is 7.77. The molecule has 0 aromatic rings. The monoisotopic (exact) mass is 252 g/mol. The number of likely N-dealkylation sites (tertiary alicyclic amines) is 1. The van der Waals surface area contributed by atoms with Gasteiger partial charge < -0.3 is 10.6 Å². The third-order valence-electron chi connectivity index (χ3n) is 4.63. The first-order chi connectivity index (χ1) is 8.79. The van der Waals surface area contributed by atoms with Crippen LogP contribution in [0, 0.1) is 11.8 Å². The average molecular weight is 252 g/mol. The van der Waals surface area contributed by atoms with Crippen LogP contribution in [-0.2, 0) is 4.79 Å². The van der Waals surface area contributed by atoms with Gasteiger partial charge >= 0.3 is 0 Å². The lowest BCUT2D eigenvalue weighted by Gasteiger charge is -2.34. The molecule has 0 aromatic carbocycles. The molecule has 18 heavy (non-hydrogen) atoms. The van der Waals surface area contributed by atoms with Crippen molar-refractivity contribution in [3.8, 4) is 0 Å². The van der Waals surface area contributed by atoms with Gasteiger partial charge in [0.05, 0.1) is 0 Å². The van der Waals surface area contributed by atoms with Crippen molar-refractivity contribution in [2.24, 2.45) is 17.6 Å². The molecule has 3 nitrogen and oxygen atoms in total. The number of carbonyl (C=O) groups is 1. The van der Waals surface area contributed by atoms with Crippen LogP contribution in [0.5, 0.6) is 0 Å². The third-order valence-corrected chi connectivity index (χ3v) is 4.63. The summed E-state index contributed by atoms with van der Waals surface area (Å²) in [6.07, 6.45) is 10.9. The zero-order chi connectivity index (χ0) is 12.8. The van der Waals surface area contributed by atoms with E-state index < -0.39 is 0 Å². The molecule has 1 saturated carbocycles.